The summed E-state index contributed by atoms with van der Waals surface area (Å²) in [6.07, 6.45) is 8.70. The first-order valence-electron chi connectivity index (χ1n) is 21.2. The lowest BCUT2D eigenvalue weighted by Crippen LogP contribution is -2.47. The largest absolute Gasteiger partial charge is 0.340 e. The van der Waals surface area contributed by atoms with Crippen molar-refractivity contribution in [1.29, 1.82) is 0 Å². The van der Waals surface area contributed by atoms with E-state index in [9.17, 15) is 14.4 Å². The topological polar surface area (TPSA) is 165 Å². The molecule has 0 radical (unpaired) electrons. The van der Waals surface area contributed by atoms with E-state index in [0.717, 1.165) is 101 Å². The Morgan fingerprint density at radius 2 is 1.15 bits per heavy atom. The molecule has 5 heterocycles. The summed E-state index contributed by atoms with van der Waals surface area (Å²) in [5.74, 6) is 7.69. The molecule has 3 aliphatic heterocycles. The molecular weight excluding hydrogens is 763 g/mol. The molecule has 0 spiro atoms. The van der Waals surface area contributed by atoms with Crippen LogP contribution in [0.3, 0.4) is 0 Å². The van der Waals surface area contributed by atoms with Crippen molar-refractivity contribution in [3.63, 3.8) is 0 Å². The Kier molecular flexibility index (Phi) is 11.6. The van der Waals surface area contributed by atoms with Crippen LogP contribution < -0.4 is 16.4 Å². The molecule has 0 bridgehead atoms. The molecule has 61 heavy (non-hydrogen) atoms. The standard InChI is InChI=1S/C49H49N9O3/c50-43(36-10-3-1-4-11-36)48(60)57-28-8-15-41(57)45-52-30-39(54-45)34-23-19-32(20-24-34)17-18-33-21-25-35(26-22-33)40-31-53-46(55-40)42-16-9-29-58(42)49(61)44(37-12-5-2-6-13-37)56-47(59)38-14-7-27-51-38/h1-6,10-13,19-26,30-31,38,41-44,51H,7-9,14-16,27-29,50H2,(H,52,54)(H,53,55)(H,56,59)/t38-,41+,42+,43-,44-/m1/s1. The number of amides is 3. The molecule has 6 aromatic rings. The van der Waals surface area contributed by atoms with Crippen molar-refractivity contribution in [1.82, 2.24) is 40.4 Å². The minimum atomic E-state index is -0.777. The van der Waals surface area contributed by atoms with Gasteiger partial charge < -0.3 is 36.1 Å². The van der Waals surface area contributed by atoms with Crippen molar-refractivity contribution in [2.24, 2.45) is 5.73 Å². The zero-order chi connectivity index (χ0) is 41.7. The highest BCUT2D eigenvalue weighted by atomic mass is 16.2. The second kappa shape index (κ2) is 17.8. The van der Waals surface area contributed by atoms with Gasteiger partial charge in [0, 0.05) is 24.2 Å². The minimum Gasteiger partial charge on any atom is -0.340 e. The van der Waals surface area contributed by atoms with E-state index in [1.807, 2.05) is 131 Å². The summed E-state index contributed by atoms with van der Waals surface area (Å²) in [6.45, 7) is 2.05. The van der Waals surface area contributed by atoms with E-state index in [4.69, 9.17) is 10.7 Å². The van der Waals surface area contributed by atoms with Crippen molar-refractivity contribution in [2.75, 3.05) is 19.6 Å². The maximum absolute atomic E-state index is 14.2. The number of imidazole rings is 2. The molecule has 3 saturated heterocycles. The summed E-state index contributed by atoms with van der Waals surface area (Å²) in [7, 11) is 0. The van der Waals surface area contributed by atoms with E-state index >= 15 is 0 Å². The van der Waals surface area contributed by atoms with E-state index in [2.05, 4.69) is 37.4 Å². The summed E-state index contributed by atoms with van der Waals surface area (Å²) in [5.41, 5.74) is 13.4. The SMILES string of the molecule is N[C@@H](C(=O)N1CCC[C@H]1c1ncc(-c2ccc(C#Cc3ccc(-c4cnc([C@@H]5CCCN5C(=O)[C@H](NC(=O)[C@H]5CCCN5)c5ccccc5)[nH]4)cc3)cc2)[nH]1)c1ccccc1. The molecule has 3 aliphatic rings. The van der Waals surface area contributed by atoms with Gasteiger partial charge in [0.1, 0.15) is 23.7 Å². The number of nitrogens with zero attached hydrogens (tertiary/aromatic N) is 4. The number of hydrogen-bond acceptors (Lipinski definition) is 7. The molecule has 6 N–H and O–H groups in total. The van der Waals surface area contributed by atoms with E-state index in [-0.39, 0.29) is 35.8 Å². The highest BCUT2D eigenvalue weighted by Crippen LogP contribution is 2.35. The Morgan fingerprint density at radius 3 is 1.66 bits per heavy atom. The predicted octanol–water partition coefficient (Wildman–Crippen LogP) is 6.50. The van der Waals surface area contributed by atoms with E-state index in [0.29, 0.717) is 13.1 Å². The van der Waals surface area contributed by atoms with E-state index < -0.39 is 12.1 Å². The van der Waals surface area contributed by atoms with Crippen molar-refractivity contribution in [3.8, 4) is 34.4 Å². The van der Waals surface area contributed by atoms with Gasteiger partial charge in [0.15, 0.2) is 0 Å². The number of nitrogens with one attached hydrogen (secondary N) is 4. The first-order valence-corrected chi connectivity index (χ1v) is 21.2. The quantitative estimate of drug-likeness (QED) is 0.0986. The van der Waals surface area contributed by atoms with Crippen molar-refractivity contribution in [3.05, 3.63) is 155 Å². The fourth-order valence-electron chi connectivity index (χ4n) is 8.78. The number of hydrogen-bond donors (Lipinski definition) is 5. The smallest absolute Gasteiger partial charge is 0.250 e. The number of likely N-dealkylation sites (tertiary alicyclic amines) is 2. The lowest BCUT2D eigenvalue weighted by Gasteiger charge is -2.29. The van der Waals surface area contributed by atoms with Gasteiger partial charge >= 0.3 is 0 Å². The van der Waals surface area contributed by atoms with Crippen LogP contribution >= 0.6 is 0 Å². The normalized spacial score (nSPS) is 19.6. The van der Waals surface area contributed by atoms with Crippen LogP contribution in [0.2, 0.25) is 0 Å². The fourth-order valence-corrected chi connectivity index (χ4v) is 8.78. The highest BCUT2D eigenvalue weighted by molar-refractivity contribution is 5.91. The zero-order valence-corrected chi connectivity index (χ0v) is 33.9. The summed E-state index contributed by atoms with van der Waals surface area (Å²) in [4.78, 5) is 60.8. The molecule has 3 fully saturated rings. The van der Waals surface area contributed by atoms with Crippen LogP contribution in [-0.4, -0.2) is 73.1 Å². The number of aromatic amines is 2. The number of benzene rings is 4. The second-order valence-electron chi connectivity index (χ2n) is 16.0. The number of carbonyl (C=O) groups excluding carboxylic acids is 3. The van der Waals surface area contributed by atoms with E-state index in [1.165, 1.54) is 0 Å². The Labute approximate surface area is 355 Å². The molecule has 5 atom stereocenters. The molecule has 0 saturated carbocycles. The van der Waals surface area contributed by atoms with E-state index in [1.54, 1.807) is 0 Å². The number of aromatic nitrogens is 4. The maximum atomic E-state index is 14.2. The zero-order valence-electron chi connectivity index (χ0n) is 33.9. The average Bonchev–Trinajstić information content (AvgIpc) is 4.17. The van der Waals surface area contributed by atoms with Gasteiger partial charge in [0.05, 0.1) is 41.9 Å². The van der Waals surface area contributed by atoms with Crippen LogP contribution in [0.4, 0.5) is 0 Å². The Morgan fingerprint density at radius 1 is 0.639 bits per heavy atom. The summed E-state index contributed by atoms with van der Waals surface area (Å²) in [5, 5.41) is 6.30. The molecule has 2 aromatic heterocycles. The third-order valence-corrected chi connectivity index (χ3v) is 12.1. The number of nitrogens with two attached hydrogens (primary N) is 1. The first kappa shape index (κ1) is 39.6. The fraction of sp³-hybridized carbons (Fsp3) is 0.286. The summed E-state index contributed by atoms with van der Waals surface area (Å²) >= 11 is 0. The Bertz CT molecular complexity index is 2530. The van der Waals surface area contributed by atoms with Gasteiger partial charge in [-0.2, -0.15) is 0 Å². The molecule has 3 amide bonds. The Balaban J connectivity index is 0.829. The minimum absolute atomic E-state index is 0.0882. The molecule has 308 valence electrons. The average molecular weight is 812 g/mol. The number of rotatable bonds is 10. The Hall–Kier alpha value is -6.81. The van der Waals surface area contributed by atoms with Crippen LogP contribution in [0.25, 0.3) is 22.5 Å². The van der Waals surface area contributed by atoms with Gasteiger partial charge in [0.2, 0.25) is 17.7 Å². The number of H-pyrrole nitrogens is 2. The van der Waals surface area contributed by atoms with Crippen molar-refractivity contribution >= 4 is 17.7 Å². The third kappa shape index (κ3) is 8.62. The highest BCUT2D eigenvalue weighted by Gasteiger charge is 2.38. The lowest BCUT2D eigenvalue weighted by molar-refractivity contribution is -0.138. The molecule has 0 aliphatic carbocycles. The molecule has 9 rings (SSSR count). The third-order valence-electron chi connectivity index (χ3n) is 12.1. The van der Waals surface area contributed by atoms with Crippen LogP contribution in [0, 0.1) is 11.8 Å². The lowest BCUT2D eigenvalue weighted by atomic mass is 10.0. The van der Waals surface area contributed by atoms with Crippen LogP contribution in [-0.2, 0) is 14.4 Å². The van der Waals surface area contributed by atoms with Crippen molar-refractivity contribution in [2.45, 2.75) is 68.7 Å². The predicted molar refractivity (Wildman–Crippen MR) is 233 cm³/mol. The number of carbonyl (C=O) groups is 3. The maximum Gasteiger partial charge on any atom is 0.250 e. The first-order chi connectivity index (χ1) is 29.9. The molecular formula is C49H49N9O3. The van der Waals surface area contributed by atoms with Crippen LogP contribution in [0.1, 0.15) is 96.6 Å². The monoisotopic (exact) mass is 811 g/mol. The van der Waals surface area contributed by atoms with Gasteiger partial charge in [-0.15, -0.1) is 0 Å². The van der Waals surface area contributed by atoms with Gasteiger partial charge in [-0.3, -0.25) is 14.4 Å². The van der Waals surface area contributed by atoms with Crippen LogP contribution in [0.15, 0.2) is 122 Å². The summed E-state index contributed by atoms with van der Waals surface area (Å²) in [6, 6.07) is 32.9. The molecule has 12 heteroatoms. The van der Waals surface area contributed by atoms with Gasteiger partial charge in [-0.05, 0) is 91.6 Å². The van der Waals surface area contributed by atoms with Gasteiger partial charge in [-0.1, -0.05) is 96.8 Å². The molecule has 0 unspecified atom stereocenters. The van der Waals surface area contributed by atoms with Gasteiger partial charge in [0.25, 0.3) is 0 Å². The van der Waals surface area contributed by atoms with Crippen LogP contribution in [0.5, 0.6) is 0 Å². The summed E-state index contributed by atoms with van der Waals surface area (Å²) < 4.78 is 0. The molecule has 4 aromatic carbocycles. The van der Waals surface area contributed by atoms with Gasteiger partial charge in [-0.25, -0.2) is 9.97 Å². The second-order valence-corrected chi connectivity index (χ2v) is 16.0. The van der Waals surface area contributed by atoms with Crippen molar-refractivity contribution < 1.29 is 14.4 Å². The molecule has 12 nitrogen and oxygen atoms in total.